The van der Waals surface area contributed by atoms with Crippen LogP contribution in [-0.4, -0.2) is 22.2 Å². The first kappa shape index (κ1) is 5.93. The van der Waals surface area contributed by atoms with Crippen LogP contribution in [0.1, 0.15) is 0 Å². The van der Waals surface area contributed by atoms with Crippen molar-refractivity contribution in [2.45, 2.75) is 6.82 Å². The molecule has 3 heteroatoms. The van der Waals surface area contributed by atoms with E-state index in [1.807, 2.05) is 0 Å². The summed E-state index contributed by atoms with van der Waals surface area (Å²) in [4.78, 5) is 0. The lowest BCUT2D eigenvalue weighted by Gasteiger charge is -1.68. The Bertz CT molecular complexity index is 35.3. The lowest BCUT2D eigenvalue weighted by molar-refractivity contribution is 2.24. The minimum absolute atomic E-state index is 1.17. The molecule has 0 amide bonds. The molecule has 0 rings (SSSR count). The molecular formula is C3H9B3. The third kappa shape index (κ3) is 3.93. The van der Waals surface area contributed by atoms with Gasteiger partial charge in [0.1, 0.15) is 14.4 Å². The van der Waals surface area contributed by atoms with Gasteiger partial charge in [0.25, 0.3) is 0 Å². The third-order valence-corrected chi connectivity index (χ3v) is 0.638. The van der Waals surface area contributed by atoms with Gasteiger partial charge in [-0.1, -0.05) is 6.82 Å². The molecule has 0 aliphatic rings. The highest BCUT2D eigenvalue weighted by Crippen LogP contribution is 1.60. The maximum Gasteiger partial charge on any atom is 0.143 e. The summed E-state index contributed by atoms with van der Waals surface area (Å²) in [6.45, 7) is 2.14. The zero-order chi connectivity index (χ0) is 4.83. The summed E-state index contributed by atoms with van der Waals surface area (Å²) < 4.78 is 0. The second kappa shape index (κ2) is 4.93. The van der Waals surface area contributed by atoms with Crippen LogP contribution in [0.3, 0.4) is 0 Å². The van der Waals surface area contributed by atoms with Gasteiger partial charge in [-0.3, -0.25) is 0 Å². The quantitative estimate of drug-likeness (QED) is 0.368. The molecule has 0 spiro atoms. The topological polar surface area (TPSA) is 0 Å². The largest absolute Gasteiger partial charge is 0.143 e. The molecule has 0 saturated heterocycles. The van der Waals surface area contributed by atoms with Crippen LogP contribution >= 0.6 is 0 Å². The summed E-state index contributed by atoms with van der Waals surface area (Å²) in [5.41, 5.74) is 0. The smallest absolute Gasteiger partial charge is 0.141 e. The molecular weight excluding hydrogens is 68.5 g/mol. The van der Waals surface area contributed by atoms with Gasteiger partial charge in [0.15, 0.2) is 0 Å². The third-order valence-electron chi connectivity index (χ3n) is 0.638. The Hall–Kier alpha value is -0.0652. The van der Waals surface area contributed by atoms with Crippen molar-refractivity contribution in [1.29, 1.82) is 0 Å². The van der Waals surface area contributed by atoms with Crippen LogP contribution in [0.4, 0.5) is 0 Å². The Kier molecular flexibility index (Phi) is 4.88. The normalized spacial score (nSPS) is 8.83. The van der Waals surface area contributed by atoms with E-state index in [0.29, 0.717) is 0 Å². The van der Waals surface area contributed by atoms with E-state index < -0.39 is 0 Å². The van der Waals surface area contributed by atoms with Crippen LogP contribution in [0.15, 0.2) is 12.0 Å². The van der Waals surface area contributed by atoms with Gasteiger partial charge < -0.3 is 0 Å². The Balaban J connectivity index is 2.73. The first-order valence-electron chi connectivity index (χ1n) is 2.56. The molecule has 0 bridgehead atoms. The Labute approximate surface area is 41.9 Å². The fourth-order valence-corrected chi connectivity index (χ4v) is 0.333. The standard InChI is InChI=1S/C3H9B3/c1-5-2-3-6-4/h2-3,5-6H,4H2,1H3/b3-2-. The van der Waals surface area contributed by atoms with Crippen LogP contribution in [0, 0.1) is 0 Å². The fourth-order valence-electron chi connectivity index (χ4n) is 0.333. The molecule has 0 aliphatic carbocycles. The van der Waals surface area contributed by atoms with Gasteiger partial charge >= 0.3 is 0 Å². The molecule has 0 atom stereocenters. The van der Waals surface area contributed by atoms with Gasteiger partial charge in [-0.25, -0.2) is 0 Å². The molecule has 0 heterocycles. The minimum atomic E-state index is 1.17. The van der Waals surface area contributed by atoms with E-state index >= 15 is 0 Å². The number of hydrogen-bond acceptors (Lipinski definition) is 0. The highest BCUT2D eigenvalue weighted by molar-refractivity contribution is 6.92. The van der Waals surface area contributed by atoms with Crippen molar-refractivity contribution in [1.82, 2.24) is 0 Å². The van der Waals surface area contributed by atoms with E-state index in [1.165, 1.54) is 14.4 Å². The Morgan fingerprint density at radius 1 is 1.50 bits per heavy atom. The predicted octanol–water partition coefficient (Wildman–Crippen LogP) is -1.07. The molecule has 0 aromatic rings. The molecule has 0 radical (unpaired) electrons. The molecule has 0 nitrogen and oxygen atoms in total. The van der Waals surface area contributed by atoms with Crippen molar-refractivity contribution >= 4 is 22.2 Å². The van der Waals surface area contributed by atoms with Crippen LogP contribution in [0.25, 0.3) is 0 Å². The van der Waals surface area contributed by atoms with Crippen molar-refractivity contribution in [3.05, 3.63) is 12.0 Å². The fraction of sp³-hybridized carbons (Fsp3) is 0.333. The molecule has 0 aromatic heterocycles. The summed E-state index contributed by atoms with van der Waals surface area (Å²) in [6, 6.07) is 0. The van der Waals surface area contributed by atoms with Crippen LogP contribution in [0.5, 0.6) is 0 Å². The van der Waals surface area contributed by atoms with Crippen molar-refractivity contribution in [3.8, 4) is 0 Å². The molecule has 0 unspecified atom stereocenters. The van der Waals surface area contributed by atoms with Crippen molar-refractivity contribution in [3.63, 3.8) is 0 Å². The first-order valence-corrected chi connectivity index (χ1v) is 2.56. The maximum atomic E-state index is 2.18. The van der Waals surface area contributed by atoms with Gasteiger partial charge in [0, 0.05) is 0 Å². The molecule has 0 aliphatic heterocycles. The highest BCUT2D eigenvalue weighted by Gasteiger charge is 1.66. The van der Waals surface area contributed by atoms with Gasteiger partial charge in [-0.2, -0.15) is 0 Å². The average molecular weight is 77.5 g/mol. The van der Waals surface area contributed by atoms with Gasteiger partial charge in [0.05, 0.1) is 7.74 Å². The van der Waals surface area contributed by atoms with E-state index in [-0.39, 0.29) is 0 Å². The van der Waals surface area contributed by atoms with Crippen molar-refractivity contribution in [2.75, 3.05) is 0 Å². The molecule has 0 saturated carbocycles. The number of rotatable bonds is 2. The summed E-state index contributed by atoms with van der Waals surface area (Å²) in [5, 5.41) is 0. The second-order valence-corrected chi connectivity index (χ2v) is 1.29. The predicted molar refractivity (Wildman–Crippen MR) is 37.8 cm³/mol. The summed E-state index contributed by atoms with van der Waals surface area (Å²) in [5.74, 6) is 4.36. The van der Waals surface area contributed by atoms with E-state index in [0.717, 1.165) is 0 Å². The lowest BCUT2D eigenvalue weighted by Crippen LogP contribution is -1.80. The lowest BCUT2D eigenvalue weighted by atomic mass is 9.54. The van der Waals surface area contributed by atoms with Crippen molar-refractivity contribution < 1.29 is 0 Å². The minimum Gasteiger partial charge on any atom is -0.141 e. The SMILES string of the molecule is BB/C=C\BC. The molecule has 0 fully saturated rings. The van der Waals surface area contributed by atoms with Crippen LogP contribution in [-0.2, 0) is 0 Å². The van der Waals surface area contributed by atoms with Crippen LogP contribution < -0.4 is 0 Å². The Morgan fingerprint density at radius 2 is 2.17 bits per heavy atom. The highest BCUT2D eigenvalue weighted by atomic mass is 13.3. The van der Waals surface area contributed by atoms with Gasteiger partial charge in [0.2, 0.25) is 0 Å². The second-order valence-electron chi connectivity index (χ2n) is 1.29. The van der Waals surface area contributed by atoms with E-state index in [1.54, 1.807) is 0 Å². The number of hydrogen-bond donors (Lipinski definition) is 0. The maximum absolute atomic E-state index is 2.18. The van der Waals surface area contributed by atoms with E-state index in [9.17, 15) is 0 Å². The summed E-state index contributed by atoms with van der Waals surface area (Å²) in [6.07, 6.45) is 0. The average Bonchev–Trinajstić information content (AvgIpc) is 1.61. The van der Waals surface area contributed by atoms with Crippen molar-refractivity contribution in [2.24, 2.45) is 0 Å². The van der Waals surface area contributed by atoms with Crippen LogP contribution in [0.2, 0.25) is 6.82 Å². The molecule has 0 N–H and O–H groups in total. The van der Waals surface area contributed by atoms with E-state index in [2.05, 4.69) is 26.5 Å². The Morgan fingerprint density at radius 3 is 2.33 bits per heavy atom. The monoisotopic (exact) mass is 78.1 g/mol. The van der Waals surface area contributed by atoms with Gasteiger partial charge in [-0.05, 0) is 0 Å². The molecule has 6 heavy (non-hydrogen) atoms. The molecule has 30 valence electrons. The zero-order valence-corrected chi connectivity index (χ0v) is 4.57. The molecule has 0 aromatic carbocycles. The summed E-state index contributed by atoms with van der Waals surface area (Å²) in [7, 11) is 4.49. The van der Waals surface area contributed by atoms with Gasteiger partial charge in [-0.15, -0.1) is 12.0 Å². The zero-order valence-electron chi connectivity index (χ0n) is 4.57. The summed E-state index contributed by atoms with van der Waals surface area (Å²) >= 11 is 0. The van der Waals surface area contributed by atoms with E-state index in [4.69, 9.17) is 0 Å². The first-order chi connectivity index (χ1) is 2.91.